The van der Waals surface area contributed by atoms with E-state index in [9.17, 15) is 8.42 Å². The third-order valence-corrected chi connectivity index (χ3v) is 6.49. The first-order valence-electron chi connectivity index (χ1n) is 6.19. The summed E-state index contributed by atoms with van der Waals surface area (Å²) in [6.07, 6.45) is 0. The van der Waals surface area contributed by atoms with Crippen molar-refractivity contribution < 1.29 is 8.42 Å². The van der Waals surface area contributed by atoms with Crippen LogP contribution in [0.3, 0.4) is 0 Å². The minimum atomic E-state index is -3.64. The average molecular weight is 410 g/mol. The zero-order valence-corrected chi connectivity index (χ0v) is 15.2. The molecule has 0 aliphatic carbocycles. The van der Waals surface area contributed by atoms with E-state index in [4.69, 9.17) is 11.6 Å². The van der Waals surface area contributed by atoms with E-state index in [0.717, 1.165) is 11.4 Å². The van der Waals surface area contributed by atoms with Crippen LogP contribution in [-0.4, -0.2) is 15.0 Å². The number of halogens is 2. The number of anilines is 1. The van der Waals surface area contributed by atoms with Crippen molar-refractivity contribution in [3.8, 4) is 0 Å². The highest BCUT2D eigenvalue weighted by molar-refractivity contribution is 9.11. The molecule has 0 saturated carbocycles. The lowest BCUT2D eigenvalue weighted by molar-refractivity contribution is 0.601. The van der Waals surface area contributed by atoms with Gasteiger partial charge in [-0.3, -0.25) is 4.72 Å². The van der Waals surface area contributed by atoms with E-state index in [0.29, 0.717) is 21.0 Å². The minimum Gasteiger partial charge on any atom is -0.312 e. The van der Waals surface area contributed by atoms with Gasteiger partial charge in [-0.05, 0) is 46.7 Å². The molecule has 4 nitrogen and oxygen atoms in total. The molecule has 2 aromatic rings. The molecule has 2 rings (SSSR count). The van der Waals surface area contributed by atoms with Gasteiger partial charge in [-0.1, -0.05) is 24.6 Å². The molecule has 0 saturated heterocycles. The van der Waals surface area contributed by atoms with Crippen molar-refractivity contribution in [2.45, 2.75) is 18.4 Å². The van der Waals surface area contributed by atoms with E-state index < -0.39 is 10.0 Å². The van der Waals surface area contributed by atoms with Crippen LogP contribution in [0.4, 0.5) is 5.69 Å². The first-order chi connectivity index (χ1) is 9.92. The number of nitrogens with one attached hydrogen (secondary N) is 2. The van der Waals surface area contributed by atoms with Crippen LogP contribution in [0.5, 0.6) is 0 Å². The van der Waals surface area contributed by atoms with Gasteiger partial charge in [0.1, 0.15) is 4.90 Å². The largest absolute Gasteiger partial charge is 0.312 e. The number of benzene rings is 1. The van der Waals surface area contributed by atoms with Gasteiger partial charge in [0.05, 0.1) is 9.47 Å². The Morgan fingerprint density at radius 2 is 2.10 bits per heavy atom. The van der Waals surface area contributed by atoms with E-state index in [1.807, 2.05) is 6.92 Å². The van der Waals surface area contributed by atoms with Crippen LogP contribution in [-0.2, 0) is 16.6 Å². The molecular formula is C13H14BrClN2O2S2. The van der Waals surface area contributed by atoms with Crippen molar-refractivity contribution in [3.63, 3.8) is 0 Å². The smallest absolute Gasteiger partial charge is 0.263 e. The molecule has 114 valence electrons. The molecule has 0 aliphatic heterocycles. The SMILES string of the molecule is CCNCc1cc(S(=O)(=O)Nc2cccc(Cl)c2)c(Br)s1. The summed E-state index contributed by atoms with van der Waals surface area (Å²) in [4.78, 5) is 1.19. The Balaban J connectivity index is 2.25. The average Bonchev–Trinajstić information content (AvgIpc) is 2.78. The van der Waals surface area contributed by atoms with Crippen molar-refractivity contribution in [1.82, 2.24) is 5.32 Å². The van der Waals surface area contributed by atoms with Crippen LogP contribution < -0.4 is 10.0 Å². The molecule has 21 heavy (non-hydrogen) atoms. The summed E-state index contributed by atoms with van der Waals surface area (Å²) in [6, 6.07) is 8.28. The van der Waals surface area contributed by atoms with E-state index in [1.54, 1.807) is 30.3 Å². The van der Waals surface area contributed by atoms with Gasteiger partial charge in [0, 0.05) is 16.4 Å². The first-order valence-corrected chi connectivity index (χ1v) is 9.66. The van der Waals surface area contributed by atoms with Crippen molar-refractivity contribution in [3.05, 3.63) is 44.0 Å². The summed E-state index contributed by atoms with van der Waals surface area (Å²) in [5, 5.41) is 3.65. The van der Waals surface area contributed by atoms with Gasteiger partial charge in [-0.25, -0.2) is 8.42 Å². The quantitative estimate of drug-likeness (QED) is 0.756. The topological polar surface area (TPSA) is 58.2 Å². The predicted octanol–water partition coefficient (Wildman–Crippen LogP) is 4.07. The number of hydrogen-bond acceptors (Lipinski definition) is 4. The van der Waals surface area contributed by atoms with Crippen LogP contribution in [0.1, 0.15) is 11.8 Å². The fraction of sp³-hybridized carbons (Fsp3) is 0.231. The molecule has 1 aromatic carbocycles. The van der Waals surface area contributed by atoms with Crippen LogP contribution in [0, 0.1) is 0 Å². The lowest BCUT2D eigenvalue weighted by atomic mass is 10.3. The third kappa shape index (κ3) is 4.43. The maximum atomic E-state index is 12.4. The fourth-order valence-electron chi connectivity index (χ4n) is 1.68. The number of sulfonamides is 1. The molecule has 0 radical (unpaired) electrons. The van der Waals surface area contributed by atoms with Gasteiger partial charge in [-0.15, -0.1) is 11.3 Å². The summed E-state index contributed by atoms with van der Waals surface area (Å²) < 4.78 is 28.0. The molecule has 2 N–H and O–H groups in total. The Labute approximate surface area is 141 Å². The van der Waals surface area contributed by atoms with Crippen molar-refractivity contribution in [2.24, 2.45) is 0 Å². The summed E-state index contributed by atoms with van der Waals surface area (Å²) in [5.74, 6) is 0. The van der Waals surface area contributed by atoms with Crippen LogP contribution in [0.25, 0.3) is 0 Å². The van der Waals surface area contributed by atoms with Gasteiger partial charge >= 0.3 is 0 Å². The Bertz CT molecular complexity index is 732. The van der Waals surface area contributed by atoms with Crippen molar-refractivity contribution in [1.29, 1.82) is 0 Å². The molecular weight excluding hydrogens is 396 g/mol. The molecule has 1 aromatic heterocycles. The second kappa shape index (κ2) is 7.11. The second-order valence-corrected chi connectivity index (χ2v) is 8.79. The molecule has 0 amide bonds. The summed E-state index contributed by atoms with van der Waals surface area (Å²) in [5.41, 5.74) is 0.439. The molecule has 0 spiro atoms. The number of hydrogen-bond donors (Lipinski definition) is 2. The minimum absolute atomic E-state index is 0.236. The zero-order chi connectivity index (χ0) is 15.5. The Morgan fingerprint density at radius 3 is 2.76 bits per heavy atom. The lowest BCUT2D eigenvalue weighted by Gasteiger charge is -2.07. The molecule has 1 heterocycles. The number of thiophene rings is 1. The molecule has 0 aliphatic rings. The fourth-order valence-corrected chi connectivity index (χ4v) is 5.57. The van der Waals surface area contributed by atoms with E-state index in [-0.39, 0.29) is 4.90 Å². The van der Waals surface area contributed by atoms with Gasteiger partial charge < -0.3 is 5.32 Å². The Hall–Kier alpha value is -0.600. The summed E-state index contributed by atoms with van der Waals surface area (Å²) >= 11 is 10.6. The van der Waals surface area contributed by atoms with E-state index in [2.05, 4.69) is 26.0 Å². The Kier molecular flexibility index (Phi) is 5.67. The molecule has 0 fully saturated rings. The standard InChI is InChI=1S/C13H14BrClN2O2S2/c1-2-16-8-11-7-12(13(14)20-11)21(18,19)17-10-5-3-4-9(15)6-10/h3-7,16-17H,2,8H2,1H3. The summed E-state index contributed by atoms with van der Waals surface area (Å²) in [7, 11) is -3.64. The highest BCUT2D eigenvalue weighted by atomic mass is 79.9. The summed E-state index contributed by atoms with van der Waals surface area (Å²) in [6.45, 7) is 3.48. The molecule has 0 bridgehead atoms. The predicted molar refractivity (Wildman–Crippen MR) is 91.7 cm³/mol. The third-order valence-electron chi connectivity index (χ3n) is 2.62. The van der Waals surface area contributed by atoms with Crippen LogP contribution >= 0.6 is 38.9 Å². The van der Waals surface area contributed by atoms with Crippen molar-refractivity contribution >= 4 is 54.6 Å². The highest BCUT2D eigenvalue weighted by Crippen LogP contribution is 2.33. The van der Waals surface area contributed by atoms with Crippen molar-refractivity contribution in [2.75, 3.05) is 11.3 Å². The molecule has 8 heteroatoms. The second-order valence-electron chi connectivity index (χ2n) is 4.25. The van der Waals surface area contributed by atoms with Gasteiger partial charge in [0.2, 0.25) is 0 Å². The Morgan fingerprint density at radius 1 is 1.33 bits per heavy atom. The monoisotopic (exact) mass is 408 g/mol. The number of rotatable bonds is 6. The molecule has 0 unspecified atom stereocenters. The van der Waals surface area contributed by atoms with E-state index >= 15 is 0 Å². The first kappa shape index (κ1) is 16.8. The highest BCUT2D eigenvalue weighted by Gasteiger charge is 2.21. The normalized spacial score (nSPS) is 11.6. The van der Waals surface area contributed by atoms with Gasteiger partial charge in [-0.2, -0.15) is 0 Å². The van der Waals surface area contributed by atoms with Crippen LogP contribution in [0.15, 0.2) is 39.0 Å². The zero-order valence-electron chi connectivity index (χ0n) is 11.2. The maximum absolute atomic E-state index is 12.4. The molecule has 0 atom stereocenters. The maximum Gasteiger partial charge on any atom is 0.263 e. The van der Waals surface area contributed by atoms with E-state index in [1.165, 1.54) is 11.3 Å². The van der Waals surface area contributed by atoms with Gasteiger partial charge in [0.25, 0.3) is 10.0 Å². The van der Waals surface area contributed by atoms with Crippen LogP contribution in [0.2, 0.25) is 5.02 Å². The lowest BCUT2D eigenvalue weighted by Crippen LogP contribution is -2.13. The van der Waals surface area contributed by atoms with Gasteiger partial charge in [0.15, 0.2) is 0 Å².